The first kappa shape index (κ1) is 20.8. The number of carbonyl (C=O) groups excluding carboxylic acids is 1. The van der Waals surface area contributed by atoms with Crippen LogP contribution in [0.4, 0.5) is 14.9 Å². The Morgan fingerprint density at radius 1 is 1.31 bits per heavy atom. The second-order valence-electron chi connectivity index (χ2n) is 6.78. The molecule has 152 valence electrons. The minimum absolute atomic E-state index is 0.0953. The van der Waals surface area contributed by atoms with E-state index in [9.17, 15) is 14.0 Å². The highest BCUT2D eigenvalue weighted by molar-refractivity contribution is 6.31. The van der Waals surface area contributed by atoms with E-state index in [-0.39, 0.29) is 11.2 Å². The van der Waals surface area contributed by atoms with E-state index in [4.69, 9.17) is 11.6 Å². The number of halogens is 2. The number of amides is 2. The van der Waals surface area contributed by atoms with Gasteiger partial charge in [0, 0.05) is 18.6 Å². The highest BCUT2D eigenvalue weighted by atomic mass is 35.5. The van der Waals surface area contributed by atoms with Crippen molar-refractivity contribution in [2.75, 3.05) is 11.9 Å². The van der Waals surface area contributed by atoms with Gasteiger partial charge in [0.25, 0.3) is 5.56 Å². The molecule has 0 aliphatic carbocycles. The first-order chi connectivity index (χ1) is 13.8. The van der Waals surface area contributed by atoms with Gasteiger partial charge in [-0.1, -0.05) is 30.7 Å². The number of anilines is 1. The molecule has 8 heteroatoms. The quantitative estimate of drug-likeness (QED) is 0.653. The third kappa shape index (κ3) is 4.24. The third-order valence-corrected chi connectivity index (χ3v) is 4.99. The Bertz CT molecular complexity index is 1120. The van der Waals surface area contributed by atoms with Crippen LogP contribution in [0.5, 0.6) is 0 Å². The Morgan fingerprint density at radius 2 is 2.03 bits per heavy atom. The molecule has 0 saturated carbocycles. The molecule has 6 nitrogen and oxygen atoms in total. The van der Waals surface area contributed by atoms with Crippen molar-refractivity contribution in [3.05, 3.63) is 69.5 Å². The van der Waals surface area contributed by atoms with Gasteiger partial charge in [-0.25, -0.2) is 14.2 Å². The van der Waals surface area contributed by atoms with Gasteiger partial charge < -0.3 is 10.2 Å². The highest BCUT2D eigenvalue weighted by Crippen LogP contribution is 2.23. The molecule has 1 unspecified atom stereocenters. The number of fused-ring (bicyclic) bond motifs is 1. The monoisotopic (exact) mass is 416 g/mol. The van der Waals surface area contributed by atoms with Crippen molar-refractivity contribution < 1.29 is 9.18 Å². The molecule has 3 aromatic rings. The third-order valence-electron chi connectivity index (χ3n) is 4.76. The number of rotatable bonds is 5. The van der Waals surface area contributed by atoms with Gasteiger partial charge in [0.1, 0.15) is 11.6 Å². The van der Waals surface area contributed by atoms with Gasteiger partial charge in [0.05, 0.1) is 22.6 Å². The topological polar surface area (TPSA) is 67.2 Å². The fourth-order valence-electron chi connectivity index (χ4n) is 3.24. The lowest BCUT2D eigenvalue weighted by atomic mass is 10.2. The lowest BCUT2D eigenvalue weighted by Crippen LogP contribution is -2.40. The number of urea groups is 1. The zero-order valence-electron chi connectivity index (χ0n) is 16.4. The highest BCUT2D eigenvalue weighted by Gasteiger charge is 2.25. The molecule has 0 bridgehead atoms. The molecule has 1 heterocycles. The molecule has 1 atom stereocenters. The maximum atomic E-state index is 13.9. The zero-order chi connectivity index (χ0) is 21.1. The predicted molar refractivity (Wildman–Crippen MR) is 113 cm³/mol. The fraction of sp³-hybridized carbons (Fsp3) is 0.286. The number of nitrogens with zero attached hydrogens (tertiary/aromatic N) is 3. The van der Waals surface area contributed by atoms with Gasteiger partial charge in [0.15, 0.2) is 0 Å². The summed E-state index contributed by atoms with van der Waals surface area (Å²) in [5, 5.41) is 3.52. The van der Waals surface area contributed by atoms with E-state index in [1.165, 1.54) is 21.6 Å². The normalized spacial score (nSPS) is 12.0. The molecule has 1 aromatic heterocycles. The number of hydrogen-bond donors (Lipinski definition) is 1. The Balaban J connectivity index is 1.99. The molecule has 3 rings (SSSR count). The number of aromatic nitrogens is 2. The summed E-state index contributed by atoms with van der Waals surface area (Å²) >= 11 is 6.05. The second kappa shape index (κ2) is 8.61. The molecule has 0 radical (unpaired) electrons. The molecule has 2 aromatic carbocycles. The van der Waals surface area contributed by atoms with Crippen LogP contribution >= 0.6 is 11.6 Å². The van der Waals surface area contributed by atoms with Crippen LogP contribution in [0, 0.1) is 5.82 Å². The summed E-state index contributed by atoms with van der Waals surface area (Å²) in [4.78, 5) is 31.8. The van der Waals surface area contributed by atoms with Gasteiger partial charge in [-0.15, -0.1) is 0 Å². The van der Waals surface area contributed by atoms with Crippen molar-refractivity contribution >= 4 is 34.2 Å². The van der Waals surface area contributed by atoms with Crippen molar-refractivity contribution in [2.24, 2.45) is 7.05 Å². The summed E-state index contributed by atoms with van der Waals surface area (Å²) < 4.78 is 15.4. The first-order valence-electron chi connectivity index (χ1n) is 9.31. The summed E-state index contributed by atoms with van der Waals surface area (Å²) in [6.45, 7) is 4.13. The zero-order valence-corrected chi connectivity index (χ0v) is 17.2. The van der Waals surface area contributed by atoms with E-state index in [1.54, 1.807) is 44.3 Å². The molecular weight excluding hydrogens is 395 g/mol. The van der Waals surface area contributed by atoms with Gasteiger partial charge >= 0.3 is 6.03 Å². The van der Waals surface area contributed by atoms with Gasteiger partial charge in [0.2, 0.25) is 0 Å². The summed E-state index contributed by atoms with van der Waals surface area (Å²) in [7, 11) is 1.62. The molecule has 29 heavy (non-hydrogen) atoms. The van der Waals surface area contributed by atoms with Crippen LogP contribution in [0.15, 0.2) is 47.3 Å². The second-order valence-corrected chi connectivity index (χ2v) is 7.21. The van der Waals surface area contributed by atoms with E-state index in [0.29, 0.717) is 34.7 Å². The first-order valence-corrected chi connectivity index (χ1v) is 9.69. The van der Waals surface area contributed by atoms with Crippen molar-refractivity contribution in [3.63, 3.8) is 0 Å². The van der Waals surface area contributed by atoms with Crippen molar-refractivity contribution in [1.29, 1.82) is 0 Å². The Labute approximate surface area is 172 Å². The molecule has 1 N–H and O–H groups in total. The van der Waals surface area contributed by atoms with Crippen molar-refractivity contribution in [2.45, 2.75) is 26.3 Å². The summed E-state index contributed by atoms with van der Waals surface area (Å²) in [6, 6.07) is 9.88. The minimum atomic E-state index is -0.525. The van der Waals surface area contributed by atoms with E-state index in [0.717, 1.165) is 0 Å². The van der Waals surface area contributed by atoms with Crippen LogP contribution in [0.25, 0.3) is 10.9 Å². The maximum Gasteiger partial charge on any atom is 0.322 e. The maximum absolute atomic E-state index is 13.9. The van der Waals surface area contributed by atoms with Crippen LogP contribution in [0.2, 0.25) is 5.02 Å². The lowest BCUT2D eigenvalue weighted by molar-refractivity contribution is 0.188. The Hall–Kier alpha value is -2.93. The molecule has 0 saturated heterocycles. The number of nitrogens with one attached hydrogen (secondary N) is 1. The molecular formula is C21H22ClFN4O2. The fourth-order valence-corrected chi connectivity index (χ4v) is 3.40. The van der Waals surface area contributed by atoms with E-state index in [1.807, 2.05) is 6.92 Å². The van der Waals surface area contributed by atoms with Crippen LogP contribution < -0.4 is 10.9 Å². The summed E-state index contributed by atoms with van der Waals surface area (Å²) in [5.41, 5.74) is 0.339. The van der Waals surface area contributed by atoms with Crippen LogP contribution in [0.1, 0.15) is 32.1 Å². The Kier molecular flexibility index (Phi) is 6.17. The molecule has 0 aliphatic heterocycles. The van der Waals surface area contributed by atoms with Crippen molar-refractivity contribution in [3.8, 4) is 0 Å². The van der Waals surface area contributed by atoms with Crippen molar-refractivity contribution in [1.82, 2.24) is 14.5 Å². The van der Waals surface area contributed by atoms with E-state index >= 15 is 0 Å². The van der Waals surface area contributed by atoms with Gasteiger partial charge in [-0.05, 0) is 43.7 Å². The standard InChI is InChI=1S/C21H22ClFN4O2/c1-4-11-27(21(29)25-17-8-6-5-7-16(17)23)13(2)19-24-18-12-14(22)9-10-15(18)20(28)26(19)3/h5-10,12-13H,4,11H2,1-3H3,(H,25,29). The van der Waals surface area contributed by atoms with Gasteiger partial charge in [-0.2, -0.15) is 0 Å². The summed E-state index contributed by atoms with van der Waals surface area (Å²) in [5.74, 6) is -0.0993. The largest absolute Gasteiger partial charge is 0.322 e. The van der Waals surface area contributed by atoms with Gasteiger partial charge in [-0.3, -0.25) is 9.36 Å². The molecule has 0 fully saturated rings. The average Bonchev–Trinajstić information content (AvgIpc) is 2.70. The minimum Gasteiger partial charge on any atom is -0.315 e. The van der Waals surface area contributed by atoms with Crippen LogP contribution in [0.3, 0.4) is 0 Å². The average molecular weight is 417 g/mol. The number of para-hydroxylation sites is 1. The Morgan fingerprint density at radius 3 is 2.72 bits per heavy atom. The summed E-state index contributed by atoms with van der Waals surface area (Å²) in [6.07, 6.45) is 0.683. The van der Waals surface area contributed by atoms with E-state index < -0.39 is 17.9 Å². The number of carbonyl (C=O) groups is 1. The molecule has 0 aliphatic rings. The molecule has 0 spiro atoms. The number of benzene rings is 2. The smallest absolute Gasteiger partial charge is 0.315 e. The predicted octanol–water partition coefficient (Wildman–Crippen LogP) is 4.73. The van der Waals surface area contributed by atoms with Crippen LogP contribution in [-0.2, 0) is 7.05 Å². The lowest BCUT2D eigenvalue weighted by Gasteiger charge is -2.29. The SMILES string of the molecule is CCCN(C(=O)Nc1ccccc1F)C(C)c1nc2cc(Cl)ccc2c(=O)n1C. The molecule has 2 amide bonds. The number of hydrogen-bond acceptors (Lipinski definition) is 3. The van der Waals surface area contributed by atoms with Crippen LogP contribution in [-0.4, -0.2) is 27.0 Å². The van der Waals surface area contributed by atoms with E-state index in [2.05, 4.69) is 10.3 Å².